The summed E-state index contributed by atoms with van der Waals surface area (Å²) in [5, 5.41) is 2.57. The number of thiophene rings is 1. The van der Waals surface area contributed by atoms with Crippen molar-refractivity contribution in [3.05, 3.63) is 23.7 Å². The van der Waals surface area contributed by atoms with Crippen molar-refractivity contribution in [3.8, 4) is 0 Å². The highest BCUT2D eigenvalue weighted by molar-refractivity contribution is 7.17. The Morgan fingerprint density at radius 1 is 1.33 bits per heavy atom. The van der Waals surface area contributed by atoms with Crippen LogP contribution in [0.4, 0.5) is 19.0 Å². The van der Waals surface area contributed by atoms with Crippen molar-refractivity contribution in [1.29, 1.82) is 0 Å². The number of pyridine rings is 1. The first kappa shape index (κ1) is 13.4. The van der Waals surface area contributed by atoms with Gasteiger partial charge in [-0.25, -0.2) is 4.98 Å². The van der Waals surface area contributed by atoms with Gasteiger partial charge < -0.3 is 4.90 Å². The van der Waals surface area contributed by atoms with Crippen molar-refractivity contribution in [2.45, 2.75) is 6.18 Å². The third kappa shape index (κ3) is 3.05. The second-order valence-electron chi connectivity index (χ2n) is 3.69. The Hall–Kier alpha value is -1.01. The molecule has 2 aromatic heterocycles. The first-order valence-corrected chi connectivity index (χ1v) is 6.62. The fraction of sp³-hybridized carbons (Fsp3) is 0.364. The van der Waals surface area contributed by atoms with Crippen LogP contribution in [0.15, 0.2) is 23.7 Å². The Morgan fingerprint density at radius 2 is 2.11 bits per heavy atom. The number of fused-ring (bicyclic) bond motifs is 1. The number of rotatable bonds is 4. The van der Waals surface area contributed by atoms with Gasteiger partial charge in [-0.2, -0.15) is 13.2 Å². The lowest BCUT2D eigenvalue weighted by Gasteiger charge is -2.24. The molecule has 0 unspecified atom stereocenters. The van der Waals surface area contributed by atoms with Crippen LogP contribution in [0.1, 0.15) is 0 Å². The molecule has 0 aliphatic carbocycles. The third-order valence-electron chi connectivity index (χ3n) is 2.38. The number of anilines is 1. The number of hydrogen-bond donors (Lipinski definition) is 0. The molecule has 0 radical (unpaired) electrons. The van der Waals surface area contributed by atoms with Gasteiger partial charge in [-0.1, -0.05) is 0 Å². The molecule has 2 rings (SSSR count). The van der Waals surface area contributed by atoms with Crippen LogP contribution in [-0.2, 0) is 0 Å². The monoisotopic (exact) mass is 294 g/mol. The molecular weight excluding hydrogens is 285 g/mol. The van der Waals surface area contributed by atoms with Crippen LogP contribution in [0.25, 0.3) is 10.1 Å². The molecule has 0 fully saturated rings. The second kappa shape index (κ2) is 5.32. The molecule has 0 spiro atoms. The van der Waals surface area contributed by atoms with E-state index in [0.29, 0.717) is 5.82 Å². The molecule has 98 valence electrons. The zero-order chi connectivity index (χ0) is 13.2. The lowest BCUT2D eigenvalue weighted by molar-refractivity contribution is -0.119. The summed E-state index contributed by atoms with van der Waals surface area (Å²) in [5.74, 6) is 0.463. The Morgan fingerprint density at radius 3 is 2.78 bits per heavy atom. The van der Waals surface area contributed by atoms with Crippen molar-refractivity contribution in [3.63, 3.8) is 0 Å². The quantitative estimate of drug-likeness (QED) is 0.795. The maximum atomic E-state index is 12.5. The van der Waals surface area contributed by atoms with E-state index in [9.17, 15) is 13.2 Å². The Balaban J connectivity index is 2.38. The van der Waals surface area contributed by atoms with Crippen LogP contribution in [0, 0.1) is 0 Å². The van der Waals surface area contributed by atoms with Gasteiger partial charge in [0.1, 0.15) is 12.4 Å². The summed E-state index contributed by atoms with van der Waals surface area (Å²) in [4.78, 5) is 5.22. The fourth-order valence-corrected chi connectivity index (χ4v) is 2.69. The molecule has 0 aromatic carbocycles. The number of aromatic nitrogens is 1. The van der Waals surface area contributed by atoms with Crippen molar-refractivity contribution in [2.75, 3.05) is 23.9 Å². The summed E-state index contributed by atoms with van der Waals surface area (Å²) >= 11 is 7.04. The Kier molecular flexibility index (Phi) is 3.97. The Labute approximate surface area is 111 Å². The number of halogens is 4. The molecule has 0 saturated heterocycles. The van der Waals surface area contributed by atoms with Gasteiger partial charge in [0.15, 0.2) is 0 Å². The number of hydrogen-bond acceptors (Lipinski definition) is 3. The van der Waals surface area contributed by atoms with Crippen LogP contribution >= 0.6 is 22.9 Å². The number of nitrogens with zero attached hydrogens (tertiary/aromatic N) is 2. The fourth-order valence-electron chi connectivity index (χ4n) is 1.71. The predicted octanol–water partition coefficient (Wildman–Crippen LogP) is 3.90. The minimum Gasteiger partial charge on any atom is -0.346 e. The minimum atomic E-state index is -4.27. The van der Waals surface area contributed by atoms with E-state index in [1.54, 1.807) is 12.1 Å². The van der Waals surface area contributed by atoms with E-state index in [-0.39, 0.29) is 12.4 Å². The maximum absolute atomic E-state index is 12.5. The molecule has 0 bridgehead atoms. The Bertz CT molecular complexity index is 526. The van der Waals surface area contributed by atoms with Crippen molar-refractivity contribution in [1.82, 2.24) is 4.98 Å². The van der Waals surface area contributed by atoms with Gasteiger partial charge >= 0.3 is 6.18 Å². The smallest absolute Gasteiger partial charge is 0.346 e. The van der Waals surface area contributed by atoms with E-state index in [4.69, 9.17) is 11.6 Å². The van der Waals surface area contributed by atoms with Gasteiger partial charge in [-0.3, -0.25) is 0 Å². The molecule has 7 heteroatoms. The summed E-state index contributed by atoms with van der Waals surface area (Å²) in [6, 6.07) is 3.57. The molecule has 0 aliphatic rings. The molecule has 18 heavy (non-hydrogen) atoms. The van der Waals surface area contributed by atoms with Crippen LogP contribution in [0.3, 0.4) is 0 Å². The van der Waals surface area contributed by atoms with Crippen molar-refractivity contribution >= 4 is 38.8 Å². The second-order valence-corrected chi connectivity index (χ2v) is 5.02. The molecule has 2 nitrogen and oxygen atoms in total. The molecule has 0 atom stereocenters. The highest BCUT2D eigenvalue weighted by Gasteiger charge is 2.31. The molecule has 0 aliphatic heterocycles. The summed E-state index contributed by atoms with van der Waals surface area (Å²) in [6.07, 6.45) is -2.75. The van der Waals surface area contributed by atoms with Crippen LogP contribution in [0.5, 0.6) is 0 Å². The summed E-state index contributed by atoms with van der Waals surface area (Å²) < 4.78 is 38.5. The lowest BCUT2D eigenvalue weighted by Crippen LogP contribution is -2.36. The highest BCUT2D eigenvalue weighted by Crippen LogP contribution is 2.30. The SMILES string of the molecule is FC(F)(F)CN(CCCl)c1nccc2sccc12. The van der Waals surface area contributed by atoms with Gasteiger partial charge in [0.05, 0.1) is 0 Å². The average Bonchev–Trinajstić information content (AvgIpc) is 2.74. The predicted molar refractivity (Wildman–Crippen MR) is 68.6 cm³/mol. The lowest BCUT2D eigenvalue weighted by atomic mass is 10.3. The van der Waals surface area contributed by atoms with Crippen LogP contribution < -0.4 is 4.90 Å². The average molecular weight is 295 g/mol. The molecular formula is C11H10ClF3N2S. The molecule has 0 amide bonds. The van der Waals surface area contributed by atoms with Gasteiger partial charge in [-0.05, 0) is 17.5 Å². The normalized spacial score (nSPS) is 12.0. The summed E-state index contributed by atoms with van der Waals surface area (Å²) in [5.41, 5.74) is 0. The topological polar surface area (TPSA) is 16.1 Å². The zero-order valence-electron chi connectivity index (χ0n) is 9.25. The summed E-state index contributed by atoms with van der Waals surface area (Å²) in [7, 11) is 0. The zero-order valence-corrected chi connectivity index (χ0v) is 10.8. The molecule has 2 heterocycles. The van der Waals surface area contributed by atoms with Crippen LogP contribution in [-0.4, -0.2) is 30.1 Å². The van der Waals surface area contributed by atoms with Gasteiger partial charge in [0.25, 0.3) is 0 Å². The molecule has 2 aromatic rings. The summed E-state index contributed by atoms with van der Waals surface area (Å²) in [6.45, 7) is -0.926. The van der Waals surface area contributed by atoms with E-state index in [1.807, 2.05) is 5.38 Å². The van der Waals surface area contributed by atoms with Gasteiger partial charge in [0, 0.05) is 28.7 Å². The van der Waals surface area contributed by atoms with E-state index in [0.717, 1.165) is 10.1 Å². The standard InChI is InChI=1S/C11H10ClF3N2S/c12-3-5-17(7-11(13,14)15)10-8-2-6-18-9(8)1-4-16-10/h1-2,4,6H,3,5,7H2. The minimum absolute atomic E-state index is 0.114. The van der Waals surface area contributed by atoms with Crippen LogP contribution in [0.2, 0.25) is 0 Å². The highest BCUT2D eigenvalue weighted by atomic mass is 35.5. The first-order chi connectivity index (χ1) is 8.51. The third-order valence-corrected chi connectivity index (χ3v) is 3.43. The first-order valence-electron chi connectivity index (χ1n) is 5.21. The van der Waals surface area contributed by atoms with E-state index in [1.165, 1.54) is 22.4 Å². The van der Waals surface area contributed by atoms with Gasteiger partial charge in [-0.15, -0.1) is 22.9 Å². The number of alkyl halides is 4. The molecule has 0 saturated carbocycles. The van der Waals surface area contributed by atoms with E-state index in [2.05, 4.69) is 4.98 Å². The van der Waals surface area contributed by atoms with Gasteiger partial charge in [0.2, 0.25) is 0 Å². The van der Waals surface area contributed by atoms with E-state index >= 15 is 0 Å². The van der Waals surface area contributed by atoms with Crippen molar-refractivity contribution in [2.24, 2.45) is 0 Å². The van der Waals surface area contributed by atoms with E-state index < -0.39 is 12.7 Å². The largest absolute Gasteiger partial charge is 0.405 e. The maximum Gasteiger partial charge on any atom is 0.405 e. The molecule has 0 N–H and O–H groups in total. The van der Waals surface area contributed by atoms with Crippen molar-refractivity contribution < 1.29 is 13.2 Å².